The van der Waals surface area contributed by atoms with Crippen LogP contribution in [-0.2, 0) is 0 Å². The van der Waals surface area contributed by atoms with E-state index in [2.05, 4.69) is 28.9 Å². The molecule has 0 bridgehead atoms. The summed E-state index contributed by atoms with van der Waals surface area (Å²) in [6, 6.07) is 5.85. The SMILES string of the molecule is O=C(Nc1cccc2c1N=[Se]=N2)c1cn(C2CNC2)nn1. The molecule has 0 atom stereocenters. The number of carbonyl (C=O) groups is 1. The first kappa shape index (κ1) is 12.6. The molecule has 0 aliphatic carbocycles. The monoisotopic (exact) mass is 349 g/mol. The van der Waals surface area contributed by atoms with Crippen LogP contribution in [-0.4, -0.2) is 48.6 Å². The van der Waals surface area contributed by atoms with Gasteiger partial charge in [0.1, 0.15) is 0 Å². The second-order valence-electron chi connectivity index (χ2n) is 4.79. The molecule has 1 saturated heterocycles. The maximum atomic E-state index is 12.2. The van der Waals surface area contributed by atoms with Crippen LogP contribution in [0.25, 0.3) is 0 Å². The Bertz CT molecular complexity index is 789. The summed E-state index contributed by atoms with van der Waals surface area (Å²) >= 11 is -0.122. The molecule has 106 valence electrons. The van der Waals surface area contributed by atoms with Gasteiger partial charge in [-0.2, -0.15) is 0 Å². The molecular formula is C12H11N7OSe. The van der Waals surface area contributed by atoms with E-state index in [9.17, 15) is 4.79 Å². The Morgan fingerprint density at radius 3 is 3.10 bits per heavy atom. The number of carbonyl (C=O) groups excluding carboxylic acids is 1. The van der Waals surface area contributed by atoms with Gasteiger partial charge in [-0.1, -0.05) is 0 Å². The van der Waals surface area contributed by atoms with Crippen LogP contribution in [0, 0.1) is 0 Å². The summed E-state index contributed by atoms with van der Waals surface area (Å²) in [5.74, 6) is -0.281. The Labute approximate surface area is 125 Å². The van der Waals surface area contributed by atoms with Crippen molar-refractivity contribution >= 4 is 37.5 Å². The third kappa shape index (κ3) is 2.25. The summed E-state index contributed by atoms with van der Waals surface area (Å²) in [6.07, 6.45) is 1.68. The molecule has 2 aromatic rings. The average molecular weight is 348 g/mol. The van der Waals surface area contributed by atoms with Gasteiger partial charge in [0.15, 0.2) is 0 Å². The zero-order chi connectivity index (χ0) is 14.2. The normalized spacial score (nSPS) is 16.2. The number of benzene rings is 1. The molecule has 8 nitrogen and oxygen atoms in total. The number of aromatic nitrogens is 3. The maximum absolute atomic E-state index is 12.2. The molecule has 9 heteroatoms. The molecule has 3 heterocycles. The molecule has 2 aliphatic heterocycles. The van der Waals surface area contributed by atoms with Crippen LogP contribution in [0.1, 0.15) is 16.5 Å². The molecular weight excluding hydrogens is 337 g/mol. The van der Waals surface area contributed by atoms with Gasteiger partial charge in [0, 0.05) is 0 Å². The first-order valence-corrected chi connectivity index (χ1v) is 8.00. The molecule has 21 heavy (non-hydrogen) atoms. The van der Waals surface area contributed by atoms with Crippen LogP contribution in [0.2, 0.25) is 0 Å². The van der Waals surface area contributed by atoms with E-state index < -0.39 is 0 Å². The van der Waals surface area contributed by atoms with Gasteiger partial charge in [-0.05, 0) is 0 Å². The Hall–Kier alpha value is -2.09. The molecule has 1 fully saturated rings. The average Bonchev–Trinajstić information content (AvgIpc) is 3.05. The Kier molecular flexibility index (Phi) is 3.03. The number of anilines is 1. The van der Waals surface area contributed by atoms with E-state index in [4.69, 9.17) is 0 Å². The van der Waals surface area contributed by atoms with Gasteiger partial charge in [-0.15, -0.1) is 0 Å². The van der Waals surface area contributed by atoms with Crippen molar-refractivity contribution in [1.29, 1.82) is 0 Å². The molecule has 0 spiro atoms. The van der Waals surface area contributed by atoms with Crippen LogP contribution in [0.4, 0.5) is 17.1 Å². The van der Waals surface area contributed by atoms with Crippen LogP contribution in [0.5, 0.6) is 0 Å². The van der Waals surface area contributed by atoms with Crippen molar-refractivity contribution in [3.8, 4) is 0 Å². The van der Waals surface area contributed by atoms with Gasteiger partial charge in [-0.25, -0.2) is 0 Å². The van der Waals surface area contributed by atoms with Crippen molar-refractivity contribution in [2.75, 3.05) is 18.4 Å². The third-order valence-corrected chi connectivity index (χ3v) is 4.55. The molecule has 2 aliphatic rings. The van der Waals surface area contributed by atoms with E-state index in [0.717, 1.165) is 24.5 Å². The number of nitrogens with zero attached hydrogens (tertiary/aromatic N) is 5. The molecule has 1 amide bonds. The summed E-state index contributed by atoms with van der Waals surface area (Å²) in [6.45, 7) is 1.72. The Morgan fingerprint density at radius 1 is 1.38 bits per heavy atom. The quantitative estimate of drug-likeness (QED) is 0.691. The minimum atomic E-state index is -0.281. The van der Waals surface area contributed by atoms with E-state index in [0.29, 0.717) is 11.4 Å². The zero-order valence-electron chi connectivity index (χ0n) is 10.9. The van der Waals surface area contributed by atoms with Crippen LogP contribution >= 0.6 is 0 Å². The summed E-state index contributed by atoms with van der Waals surface area (Å²) < 4.78 is 10.4. The van der Waals surface area contributed by atoms with E-state index in [1.165, 1.54) is 0 Å². The van der Waals surface area contributed by atoms with Crippen molar-refractivity contribution in [2.24, 2.45) is 7.92 Å². The van der Waals surface area contributed by atoms with Crippen molar-refractivity contribution in [1.82, 2.24) is 20.3 Å². The second kappa shape index (κ2) is 5.03. The number of hydrogen-bond donors (Lipinski definition) is 2. The second-order valence-corrected chi connectivity index (χ2v) is 5.90. The zero-order valence-corrected chi connectivity index (χ0v) is 12.6. The molecule has 4 rings (SSSR count). The van der Waals surface area contributed by atoms with Crippen molar-refractivity contribution < 1.29 is 4.79 Å². The molecule has 1 aromatic carbocycles. The first-order chi connectivity index (χ1) is 10.3. The first-order valence-electron chi connectivity index (χ1n) is 6.46. The van der Waals surface area contributed by atoms with Gasteiger partial charge < -0.3 is 0 Å². The number of hydrogen-bond acceptors (Lipinski definition) is 6. The summed E-state index contributed by atoms with van der Waals surface area (Å²) in [5.41, 5.74) is 2.55. The molecule has 0 radical (unpaired) electrons. The topological polar surface area (TPSA) is 96.6 Å². The minimum absolute atomic E-state index is 0.122. The van der Waals surface area contributed by atoms with Gasteiger partial charge >= 0.3 is 125 Å². The van der Waals surface area contributed by atoms with Gasteiger partial charge in [0.05, 0.1) is 0 Å². The predicted molar refractivity (Wildman–Crippen MR) is 76.3 cm³/mol. The number of rotatable bonds is 3. The van der Waals surface area contributed by atoms with Gasteiger partial charge in [0.2, 0.25) is 0 Å². The standard InChI is InChI=1S/C12H11N7OSe/c20-12(10-6-19(18-15-10)7-4-13-5-7)14-8-2-1-3-9-11(8)17-21-16-9/h1-3,6-7,13H,4-5H2,(H,14,20). The number of nitrogens with one attached hydrogen (secondary N) is 2. The molecule has 1 aromatic heterocycles. The van der Waals surface area contributed by atoms with Crippen LogP contribution in [0.3, 0.4) is 0 Å². The summed E-state index contributed by atoms with van der Waals surface area (Å²) in [5, 5.41) is 13.9. The Balaban J connectivity index is 1.55. The fourth-order valence-corrected chi connectivity index (χ4v) is 3.27. The molecule has 0 unspecified atom stereocenters. The van der Waals surface area contributed by atoms with E-state index in [1.807, 2.05) is 18.2 Å². The van der Waals surface area contributed by atoms with E-state index >= 15 is 0 Å². The van der Waals surface area contributed by atoms with Crippen molar-refractivity contribution in [3.05, 3.63) is 30.1 Å². The number of fused-ring (bicyclic) bond motifs is 1. The fourth-order valence-electron chi connectivity index (χ4n) is 2.11. The van der Waals surface area contributed by atoms with E-state index in [1.54, 1.807) is 10.9 Å². The molecule has 0 saturated carbocycles. The number of amides is 1. The Morgan fingerprint density at radius 2 is 2.29 bits per heavy atom. The van der Waals surface area contributed by atoms with Gasteiger partial charge in [-0.3, -0.25) is 0 Å². The van der Waals surface area contributed by atoms with Gasteiger partial charge in [0.25, 0.3) is 0 Å². The summed E-state index contributed by atoms with van der Waals surface area (Å²) in [4.78, 5) is 12.2. The fraction of sp³-hybridized carbons (Fsp3) is 0.250. The van der Waals surface area contributed by atoms with Crippen LogP contribution in [0.15, 0.2) is 32.3 Å². The third-order valence-electron chi connectivity index (χ3n) is 3.41. The summed E-state index contributed by atoms with van der Waals surface area (Å²) in [7, 11) is 0. The van der Waals surface area contributed by atoms with Crippen LogP contribution < -0.4 is 10.6 Å². The molecule has 2 N–H and O–H groups in total. The van der Waals surface area contributed by atoms with Crippen molar-refractivity contribution in [2.45, 2.75) is 6.04 Å². The predicted octanol–water partition coefficient (Wildman–Crippen LogP) is 1.02. The van der Waals surface area contributed by atoms with E-state index in [-0.39, 0.29) is 26.5 Å². The van der Waals surface area contributed by atoms with Crippen molar-refractivity contribution in [3.63, 3.8) is 0 Å².